The zero-order chi connectivity index (χ0) is 26.0. The molecule has 1 N–H and O–H groups in total. The molecule has 3 amide bonds. The number of rotatable bonds is 7. The number of nitrogens with one attached hydrogen (secondary N) is 1. The van der Waals surface area contributed by atoms with E-state index in [-0.39, 0.29) is 36.0 Å². The van der Waals surface area contributed by atoms with E-state index >= 15 is 0 Å². The average Bonchev–Trinajstić information content (AvgIpc) is 3.57. The summed E-state index contributed by atoms with van der Waals surface area (Å²) in [5.41, 5.74) is 0.875. The number of hydrogen-bond donors (Lipinski definition) is 1. The monoisotopic (exact) mass is 506 g/mol. The Morgan fingerprint density at radius 3 is 2.46 bits per heavy atom. The molecule has 1 atom stereocenters. The Kier molecular flexibility index (Phi) is 7.33. The second kappa shape index (κ2) is 10.7. The van der Waals surface area contributed by atoms with Crippen LogP contribution in [-0.4, -0.2) is 86.5 Å². The van der Waals surface area contributed by atoms with Crippen molar-refractivity contribution in [2.75, 3.05) is 32.7 Å². The highest BCUT2D eigenvalue weighted by Crippen LogP contribution is 2.29. The average molecular weight is 507 g/mol. The fourth-order valence-corrected chi connectivity index (χ4v) is 5.84. The van der Waals surface area contributed by atoms with Crippen molar-refractivity contribution in [3.05, 3.63) is 53.3 Å². The van der Waals surface area contributed by atoms with E-state index in [0.717, 1.165) is 51.7 Å². The Balaban J connectivity index is 1.28. The number of carbonyl (C=O) groups excluding carboxylic acids is 3. The van der Waals surface area contributed by atoms with E-state index in [4.69, 9.17) is 0 Å². The van der Waals surface area contributed by atoms with E-state index in [9.17, 15) is 14.4 Å². The normalized spacial score (nSPS) is 22.8. The van der Waals surface area contributed by atoms with E-state index < -0.39 is 5.54 Å². The molecule has 198 valence electrons. The SMILES string of the molecule is CCCN1C(=O)c2cc(C(=O)N3CCN(Cc4ccccc4)CC3)nn2C[C@]1(C)C(=O)NC1CCCC1. The van der Waals surface area contributed by atoms with Crippen LogP contribution in [0, 0.1) is 0 Å². The van der Waals surface area contributed by atoms with E-state index in [0.29, 0.717) is 25.3 Å². The van der Waals surface area contributed by atoms with Gasteiger partial charge < -0.3 is 15.1 Å². The standard InChI is InChI=1S/C28H38N6O3/c1-3-13-33-26(36)24-18-23(30-34(24)20-28(33,2)27(37)29-22-11-7-8-12-22)25(35)32-16-14-31(15-17-32)19-21-9-5-4-6-10-21/h4-6,9-10,18,22H,3,7-8,11-17,19-20H2,1-2H3,(H,29,37)/t28-/m1/s1. The van der Waals surface area contributed by atoms with Gasteiger partial charge in [-0.25, -0.2) is 0 Å². The molecule has 1 aromatic heterocycles. The van der Waals surface area contributed by atoms with Gasteiger partial charge in [-0.05, 0) is 31.7 Å². The second-order valence-electron chi connectivity index (χ2n) is 10.8. The van der Waals surface area contributed by atoms with Gasteiger partial charge in [-0.2, -0.15) is 5.10 Å². The summed E-state index contributed by atoms with van der Waals surface area (Å²) in [5, 5.41) is 7.73. The molecule has 1 aliphatic carbocycles. The molecule has 0 spiro atoms. The molecule has 9 heteroatoms. The molecule has 0 radical (unpaired) electrons. The number of fused-ring (bicyclic) bond motifs is 1. The number of nitrogens with zero attached hydrogens (tertiary/aromatic N) is 5. The summed E-state index contributed by atoms with van der Waals surface area (Å²) in [6, 6.07) is 12.1. The number of piperazine rings is 1. The maximum Gasteiger partial charge on any atom is 0.274 e. The molecule has 2 aliphatic heterocycles. The Labute approximate surface area is 218 Å². The second-order valence-corrected chi connectivity index (χ2v) is 10.8. The lowest BCUT2D eigenvalue weighted by atomic mass is 9.94. The van der Waals surface area contributed by atoms with Crippen LogP contribution >= 0.6 is 0 Å². The largest absolute Gasteiger partial charge is 0.351 e. The van der Waals surface area contributed by atoms with Crippen molar-refractivity contribution in [1.82, 2.24) is 29.8 Å². The van der Waals surface area contributed by atoms with Crippen LogP contribution in [0.1, 0.15) is 72.5 Å². The van der Waals surface area contributed by atoms with Crippen molar-refractivity contribution in [2.24, 2.45) is 0 Å². The van der Waals surface area contributed by atoms with Crippen molar-refractivity contribution in [2.45, 2.75) is 70.6 Å². The van der Waals surface area contributed by atoms with Gasteiger partial charge in [-0.1, -0.05) is 50.1 Å². The van der Waals surface area contributed by atoms with Gasteiger partial charge in [0.05, 0.1) is 6.54 Å². The van der Waals surface area contributed by atoms with Gasteiger partial charge in [0.25, 0.3) is 11.8 Å². The molecule has 3 aliphatic rings. The van der Waals surface area contributed by atoms with Crippen molar-refractivity contribution >= 4 is 17.7 Å². The molecule has 37 heavy (non-hydrogen) atoms. The number of carbonyl (C=O) groups is 3. The van der Waals surface area contributed by atoms with Crippen LogP contribution in [0.15, 0.2) is 36.4 Å². The molecular formula is C28H38N6O3. The lowest BCUT2D eigenvalue weighted by Gasteiger charge is -2.43. The van der Waals surface area contributed by atoms with Gasteiger partial charge in [-0.15, -0.1) is 0 Å². The third-order valence-corrected chi connectivity index (χ3v) is 8.05. The lowest BCUT2D eigenvalue weighted by Crippen LogP contribution is -2.65. The Hall–Kier alpha value is -3.20. The molecule has 1 aromatic carbocycles. The first-order valence-electron chi connectivity index (χ1n) is 13.7. The van der Waals surface area contributed by atoms with Gasteiger partial charge in [0.15, 0.2) is 5.69 Å². The predicted molar refractivity (Wildman–Crippen MR) is 140 cm³/mol. The summed E-state index contributed by atoms with van der Waals surface area (Å²) in [6.07, 6.45) is 4.94. The highest BCUT2D eigenvalue weighted by molar-refractivity contribution is 6.02. The van der Waals surface area contributed by atoms with Crippen LogP contribution in [0.3, 0.4) is 0 Å². The lowest BCUT2D eigenvalue weighted by molar-refractivity contribution is -0.133. The smallest absolute Gasteiger partial charge is 0.274 e. The van der Waals surface area contributed by atoms with Crippen LogP contribution in [0.5, 0.6) is 0 Å². The van der Waals surface area contributed by atoms with E-state index in [1.54, 1.807) is 15.6 Å². The summed E-state index contributed by atoms with van der Waals surface area (Å²) in [6.45, 7) is 8.22. The summed E-state index contributed by atoms with van der Waals surface area (Å²) in [7, 11) is 0. The zero-order valence-electron chi connectivity index (χ0n) is 22.0. The molecule has 3 heterocycles. The van der Waals surface area contributed by atoms with Crippen molar-refractivity contribution in [3.63, 3.8) is 0 Å². The van der Waals surface area contributed by atoms with Gasteiger partial charge >= 0.3 is 0 Å². The molecule has 1 saturated carbocycles. The van der Waals surface area contributed by atoms with Gasteiger partial charge in [0.2, 0.25) is 5.91 Å². The maximum atomic E-state index is 13.5. The van der Waals surface area contributed by atoms with Gasteiger partial charge in [-0.3, -0.25) is 24.0 Å². The van der Waals surface area contributed by atoms with Crippen LogP contribution in [0.4, 0.5) is 0 Å². The van der Waals surface area contributed by atoms with E-state index in [2.05, 4.69) is 27.4 Å². The minimum absolute atomic E-state index is 0.134. The minimum atomic E-state index is -1.04. The predicted octanol–water partition coefficient (Wildman–Crippen LogP) is 2.52. The molecule has 0 unspecified atom stereocenters. The minimum Gasteiger partial charge on any atom is -0.351 e. The Bertz CT molecular complexity index is 1130. The highest BCUT2D eigenvalue weighted by Gasteiger charge is 2.48. The molecule has 9 nitrogen and oxygen atoms in total. The third kappa shape index (κ3) is 5.14. The van der Waals surface area contributed by atoms with Gasteiger partial charge in [0, 0.05) is 51.4 Å². The van der Waals surface area contributed by atoms with E-state index in [1.165, 1.54) is 5.56 Å². The van der Waals surface area contributed by atoms with Gasteiger partial charge in [0.1, 0.15) is 11.2 Å². The van der Waals surface area contributed by atoms with Crippen LogP contribution < -0.4 is 5.32 Å². The summed E-state index contributed by atoms with van der Waals surface area (Å²) < 4.78 is 1.57. The van der Waals surface area contributed by atoms with E-state index in [1.807, 2.05) is 36.9 Å². The topological polar surface area (TPSA) is 90.8 Å². The summed E-state index contributed by atoms with van der Waals surface area (Å²) in [5.74, 6) is -0.533. The number of aromatic nitrogens is 2. The zero-order valence-corrected chi connectivity index (χ0v) is 22.0. The fourth-order valence-electron chi connectivity index (χ4n) is 5.84. The quantitative estimate of drug-likeness (QED) is 0.623. The molecule has 0 bridgehead atoms. The Morgan fingerprint density at radius 1 is 1.08 bits per heavy atom. The highest BCUT2D eigenvalue weighted by atomic mass is 16.2. The van der Waals surface area contributed by atoms with Crippen LogP contribution in [-0.2, 0) is 17.9 Å². The first kappa shape index (κ1) is 25.4. The fraction of sp³-hybridized carbons (Fsp3) is 0.571. The van der Waals surface area contributed by atoms with Crippen LogP contribution in [0.25, 0.3) is 0 Å². The van der Waals surface area contributed by atoms with Crippen molar-refractivity contribution < 1.29 is 14.4 Å². The number of hydrogen-bond acceptors (Lipinski definition) is 5. The van der Waals surface area contributed by atoms with Crippen LogP contribution in [0.2, 0.25) is 0 Å². The first-order chi connectivity index (χ1) is 17.9. The molecule has 2 fully saturated rings. The summed E-state index contributed by atoms with van der Waals surface area (Å²) in [4.78, 5) is 46.2. The molecular weight excluding hydrogens is 468 g/mol. The Morgan fingerprint density at radius 2 is 1.78 bits per heavy atom. The number of benzene rings is 1. The third-order valence-electron chi connectivity index (χ3n) is 8.05. The maximum absolute atomic E-state index is 13.5. The van der Waals surface area contributed by atoms with Crippen molar-refractivity contribution in [1.29, 1.82) is 0 Å². The summed E-state index contributed by atoms with van der Waals surface area (Å²) >= 11 is 0. The number of amides is 3. The first-order valence-corrected chi connectivity index (χ1v) is 13.7. The van der Waals surface area contributed by atoms with Crippen molar-refractivity contribution in [3.8, 4) is 0 Å². The molecule has 1 saturated heterocycles. The molecule has 5 rings (SSSR count). The molecule has 2 aromatic rings.